The van der Waals surface area contributed by atoms with Crippen molar-refractivity contribution in [2.24, 2.45) is 0 Å². The molecule has 0 aliphatic carbocycles. The second-order valence-corrected chi connectivity index (χ2v) is 7.41. The number of ketones is 1. The van der Waals surface area contributed by atoms with E-state index >= 15 is 0 Å². The highest BCUT2D eigenvalue weighted by Crippen LogP contribution is 2.22. The monoisotopic (exact) mass is 369 g/mol. The van der Waals surface area contributed by atoms with Gasteiger partial charge < -0.3 is 10.5 Å². The predicted octanol–water partition coefficient (Wildman–Crippen LogP) is 3.60. The number of hydrogen-bond donors (Lipinski definition) is 1. The first-order chi connectivity index (χ1) is 12.4. The second-order valence-electron chi connectivity index (χ2n) is 5.95. The third kappa shape index (κ3) is 4.05. The van der Waals surface area contributed by atoms with Crippen LogP contribution in [0.15, 0.2) is 30.3 Å². The molecular formula is C19H19N3O3S. The van der Waals surface area contributed by atoms with E-state index in [1.807, 2.05) is 44.2 Å². The maximum absolute atomic E-state index is 12.2. The fourth-order valence-corrected chi connectivity index (χ4v) is 3.63. The molecule has 0 spiro atoms. The third-order valence-electron chi connectivity index (χ3n) is 3.94. The number of benzene rings is 1. The number of fused-ring (bicyclic) bond motifs is 1. The predicted molar refractivity (Wildman–Crippen MR) is 101 cm³/mol. The van der Waals surface area contributed by atoms with Crippen molar-refractivity contribution in [1.29, 1.82) is 0 Å². The van der Waals surface area contributed by atoms with Crippen LogP contribution in [0, 0.1) is 13.8 Å². The van der Waals surface area contributed by atoms with Gasteiger partial charge in [0.25, 0.3) is 0 Å². The van der Waals surface area contributed by atoms with Gasteiger partial charge >= 0.3 is 5.97 Å². The van der Waals surface area contributed by atoms with Crippen molar-refractivity contribution in [1.82, 2.24) is 9.97 Å². The van der Waals surface area contributed by atoms with E-state index in [1.54, 1.807) is 11.3 Å². The lowest BCUT2D eigenvalue weighted by Crippen LogP contribution is -2.10. The second kappa shape index (κ2) is 7.61. The van der Waals surface area contributed by atoms with Crippen LogP contribution >= 0.6 is 11.3 Å². The van der Waals surface area contributed by atoms with E-state index in [4.69, 9.17) is 10.5 Å². The molecule has 7 heteroatoms. The Labute approximate surface area is 155 Å². The highest BCUT2D eigenvalue weighted by molar-refractivity contribution is 7.12. The Bertz CT molecular complexity index is 981. The van der Waals surface area contributed by atoms with Crippen LogP contribution in [-0.2, 0) is 16.1 Å². The summed E-state index contributed by atoms with van der Waals surface area (Å²) in [7, 11) is 0. The van der Waals surface area contributed by atoms with E-state index in [0.717, 1.165) is 15.1 Å². The number of carbonyl (C=O) groups excluding carboxylic acids is 2. The van der Waals surface area contributed by atoms with E-state index in [9.17, 15) is 9.59 Å². The number of carbonyl (C=O) groups is 2. The average Bonchev–Trinajstić information content (AvgIpc) is 2.96. The van der Waals surface area contributed by atoms with Crippen LogP contribution in [0.2, 0.25) is 0 Å². The van der Waals surface area contributed by atoms with Crippen LogP contribution in [0.25, 0.3) is 10.9 Å². The molecule has 0 atom stereocenters. The van der Waals surface area contributed by atoms with Crippen LogP contribution < -0.4 is 5.73 Å². The Hall–Kier alpha value is -2.80. The van der Waals surface area contributed by atoms with Crippen molar-refractivity contribution in [3.63, 3.8) is 0 Å². The average molecular weight is 369 g/mol. The molecule has 1 aromatic carbocycles. The summed E-state index contributed by atoms with van der Waals surface area (Å²) >= 11 is 1.58. The minimum Gasteiger partial charge on any atom is -0.457 e. The van der Waals surface area contributed by atoms with Gasteiger partial charge in [0, 0.05) is 27.1 Å². The molecule has 26 heavy (non-hydrogen) atoms. The number of nitrogen functional groups attached to an aromatic ring is 1. The molecular weight excluding hydrogens is 350 g/mol. The number of hydrogen-bond acceptors (Lipinski definition) is 7. The molecule has 3 rings (SSSR count). The zero-order valence-electron chi connectivity index (χ0n) is 14.6. The first-order valence-electron chi connectivity index (χ1n) is 8.21. The van der Waals surface area contributed by atoms with E-state index in [1.165, 1.54) is 0 Å². The summed E-state index contributed by atoms with van der Waals surface area (Å²) in [5.41, 5.74) is 7.29. The lowest BCUT2D eigenvalue weighted by molar-refractivity contribution is -0.145. The highest BCUT2D eigenvalue weighted by Gasteiger charge is 2.15. The van der Waals surface area contributed by atoms with Crippen molar-refractivity contribution < 1.29 is 14.3 Å². The fourth-order valence-electron chi connectivity index (χ4n) is 2.69. The number of ether oxygens (including phenoxy) is 1. The molecule has 0 saturated heterocycles. The highest BCUT2D eigenvalue weighted by atomic mass is 32.1. The van der Waals surface area contributed by atoms with Gasteiger partial charge in [-0.05, 0) is 32.0 Å². The molecule has 2 heterocycles. The van der Waals surface area contributed by atoms with Gasteiger partial charge in [-0.3, -0.25) is 9.59 Å². The minimum absolute atomic E-state index is 0.0240. The molecule has 0 aliphatic rings. The maximum Gasteiger partial charge on any atom is 0.306 e. The van der Waals surface area contributed by atoms with Gasteiger partial charge in [-0.15, -0.1) is 11.3 Å². The summed E-state index contributed by atoms with van der Waals surface area (Å²) in [4.78, 5) is 34.7. The molecule has 0 unspecified atom stereocenters. The van der Waals surface area contributed by atoms with Crippen molar-refractivity contribution in [3.8, 4) is 0 Å². The lowest BCUT2D eigenvalue weighted by Gasteiger charge is -2.06. The van der Waals surface area contributed by atoms with E-state index in [0.29, 0.717) is 22.7 Å². The number of anilines is 1. The van der Waals surface area contributed by atoms with E-state index in [2.05, 4.69) is 9.97 Å². The number of rotatable bonds is 6. The zero-order valence-corrected chi connectivity index (χ0v) is 15.4. The minimum atomic E-state index is -0.460. The third-order valence-corrected chi connectivity index (χ3v) is 4.90. The molecule has 6 nitrogen and oxygen atoms in total. The van der Waals surface area contributed by atoms with Crippen LogP contribution in [0.1, 0.15) is 38.8 Å². The summed E-state index contributed by atoms with van der Waals surface area (Å²) in [5, 5.41) is 0.759. The Morgan fingerprint density at radius 3 is 2.65 bits per heavy atom. The van der Waals surface area contributed by atoms with Crippen LogP contribution in [0.5, 0.6) is 0 Å². The number of nitrogens with two attached hydrogens (primary N) is 1. The Morgan fingerprint density at radius 2 is 1.92 bits per heavy atom. The summed E-state index contributed by atoms with van der Waals surface area (Å²) < 4.78 is 5.18. The van der Waals surface area contributed by atoms with Crippen molar-refractivity contribution >= 4 is 39.8 Å². The fraction of sp³-hybridized carbons (Fsp3) is 0.263. The lowest BCUT2D eigenvalue weighted by atomic mass is 10.1. The number of para-hydroxylation sites is 1. The van der Waals surface area contributed by atoms with Gasteiger partial charge in [-0.25, -0.2) is 9.97 Å². The number of aryl methyl sites for hydroxylation is 2. The summed E-state index contributed by atoms with van der Waals surface area (Å²) in [6, 6.07) is 9.22. The smallest absolute Gasteiger partial charge is 0.306 e. The molecule has 0 aliphatic heterocycles. The molecule has 2 aromatic heterocycles. The van der Waals surface area contributed by atoms with Crippen molar-refractivity contribution in [3.05, 3.63) is 51.5 Å². The first-order valence-corrected chi connectivity index (χ1v) is 9.02. The Balaban J connectivity index is 1.56. The van der Waals surface area contributed by atoms with Gasteiger partial charge in [0.05, 0.1) is 11.9 Å². The topological polar surface area (TPSA) is 95.2 Å². The zero-order chi connectivity index (χ0) is 18.7. The largest absolute Gasteiger partial charge is 0.457 e. The normalized spacial score (nSPS) is 10.8. The molecule has 0 radical (unpaired) electrons. The molecule has 2 N–H and O–H groups in total. The van der Waals surface area contributed by atoms with E-state index < -0.39 is 5.97 Å². The number of thiophene rings is 1. The summed E-state index contributed by atoms with van der Waals surface area (Å²) in [5.74, 6) is 0.179. The van der Waals surface area contributed by atoms with Crippen LogP contribution in [0.3, 0.4) is 0 Å². The SMILES string of the molecule is Cc1cc(C(=O)CCC(=O)OCc2nc(N)c3ccccc3n2)c(C)s1. The van der Waals surface area contributed by atoms with Gasteiger partial charge in [-0.1, -0.05) is 12.1 Å². The summed E-state index contributed by atoms with van der Waals surface area (Å²) in [6.45, 7) is 3.79. The number of esters is 1. The number of Topliss-reactive ketones (excluding diaryl/α,β-unsaturated/α-hetero) is 1. The number of aromatic nitrogens is 2. The van der Waals surface area contributed by atoms with Gasteiger partial charge in [0.1, 0.15) is 5.82 Å². The van der Waals surface area contributed by atoms with Gasteiger partial charge in [0.15, 0.2) is 18.2 Å². The molecule has 0 saturated carbocycles. The van der Waals surface area contributed by atoms with Gasteiger partial charge in [0.2, 0.25) is 0 Å². The Kier molecular flexibility index (Phi) is 5.27. The standard InChI is InChI=1S/C19H19N3O3S/c1-11-9-14(12(2)26-11)16(23)7-8-18(24)25-10-17-21-15-6-4-3-5-13(15)19(20)22-17/h3-6,9H,7-8,10H2,1-2H3,(H2,20,21,22). The van der Waals surface area contributed by atoms with Crippen LogP contribution in [0.4, 0.5) is 5.82 Å². The van der Waals surface area contributed by atoms with Crippen molar-refractivity contribution in [2.75, 3.05) is 5.73 Å². The number of nitrogens with zero attached hydrogens (tertiary/aromatic N) is 2. The maximum atomic E-state index is 12.2. The Morgan fingerprint density at radius 1 is 1.15 bits per heavy atom. The molecule has 3 aromatic rings. The molecule has 134 valence electrons. The molecule has 0 fully saturated rings. The van der Waals surface area contributed by atoms with Crippen molar-refractivity contribution in [2.45, 2.75) is 33.3 Å². The van der Waals surface area contributed by atoms with Crippen LogP contribution in [-0.4, -0.2) is 21.7 Å². The van der Waals surface area contributed by atoms with Gasteiger partial charge in [-0.2, -0.15) is 0 Å². The molecule has 0 bridgehead atoms. The summed E-state index contributed by atoms with van der Waals surface area (Å²) in [6.07, 6.45) is 0.146. The molecule has 0 amide bonds. The quantitative estimate of drug-likeness (QED) is 0.527. The first kappa shape index (κ1) is 18.0. The van der Waals surface area contributed by atoms with E-state index in [-0.39, 0.29) is 25.2 Å².